The third-order valence-corrected chi connectivity index (χ3v) is 3.50. The molecule has 112 valence electrons. The predicted molar refractivity (Wildman–Crippen MR) is 69.7 cm³/mol. The fourth-order valence-electron chi connectivity index (χ4n) is 2.74. The van der Waals surface area contributed by atoms with Gasteiger partial charge in [0.15, 0.2) is 17.5 Å². The zero-order valence-corrected chi connectivity index (χ0v) is 11.6. The van der Waals surface area contributed by atoms with Gasteiger partial charge in [0.05, 0.1) is 12.2 Å². The minimum Gasteiger partial charge on any atom is -0.373 e. The van der Waals surface area contributed by atoms with Crippen molar-refractivity contribution in [1.82, 2.24) is 4.90 Å². The Hall–Kier alpha value is -1.11. The van der Waals surface area contributed by atoms with Crippen LogP contribution in [0, 0.1) is 17.5 Å². The van der Waals surface area contributed by atoms with Crippen LogP contribution in [0.15, 0.2) is 12.1 Å². The van der Waals surface area contributed by atoms with Crippen LogP contribution < -0.4 is 5.73 Å². The van der Waals surface area contributed by atoms with Crippen LogP contribution in [-0.2, 0) is 4.74 Å². The summed E-state index contributed by atoms with van der Waals surface area (Å²) in [5.41, 5.74) is 6.10. The number of benzene rings is 1. The highest BCUT2D eigenvalue weighted by Gasteiger charge is 2.29. The third kappa shape index (κ3) is 3.13. The molecule has 0 aliphatic carbocycles. The molecule has 1 heterocycles. The first-order valence-corrected chi connectivity index (χ1v) is 6.66. The largest absolute Gasteiger partial charge is 0.373 e. The third-order valence-electron chi connectivity index (χ3n) is 3.50. The Morgan fingerprint density at radius 3 is 2.15 bits per heavy atom. The number of hydrogen-bond acceptors (Lipinski definition) is 3. The Kier molecular flexibility index (Phi) is 4.67. The highest BCUT2D eigenvalue weighted by Crippen LogP contribution is 2.26. The lowest BCUT2D eigenvalue weighted by Gasteiger charge is -2.40. The van der Waals surface area contributed by atoms with Crippen molar-refractivity contribution >= 4 is 0 Å². The van der Waals surface area contributed by atoms with Crippen molar-refractivity contribution in [2.75, 3.05) is 19.6 Å². The van der Waals surface area contributed by atoms with Crippen molar-refractivity contribution in [3.8, 4) is 0 Å². The monoisotopic (exact) mass is 288 g/mol. The molecule has 3 unspecified atom stereocenters. The van der Waals surface area contributed by atoms with Crippen LogP contribution in [0.5, 0.6) is 0 Å². The van der Waals surface area contributed by atoms with Gasteiger partial charge in [0.1, 0.15) is 0 Å². The molecule has 20 heavy (non-hydrogen) atoms. The van der Waals surface area contributed by atoms with Crippen LogP contribution in [0.1, 0.15) is 25.5 Å². The number of hydrogen-bond donors (Lipinski definition) is 1. The summed E-state index contributed by atoms with van der Waals surface area (Å²) in [6, 6.07) is 1.68. The number of nitrogens with two attached hydrogens (primary N) is 1. The standard InChI is InChI=1S/C14H19F3N2O/c1-8-6-19(7-9(2)20-8)13(5-18)10-3-11(15)14(17)12(16)4-10/h3-4,8-9,13H,5-7,18H2,1-2H3. The molecule has 1 aliphatic heterocycles. The molecule has 2 rings (SSSR count). The lowest BCUT2D eigenvalue weighted by Crippen LogP contribution is -2.48. The van der Waals surface area contributed by atoms with Gasteiger partial charge >= 0.3 is 0 Å². The van der Waals surface area contributed by atoms with Crippen molar-refractivity contribution in [3.63, 3.8) is 0 Å². The molecular weight excluding hydrogens is 269 g/mol. The number of ether oxygens (including phenoxy) is 1. The maximum absolute atomic E-state index is 13.4. The quantitative estimate of drug-likeness (QED) is 0.867. The van der Waals surface area contributed by atoms with Gasteiger partial charge in [-0.25, -0.2) is 13.2 Å². The second-order valence-electron chi connectivity index (χ2n) is 5.26. The molecule has 1 saturated heterocycles. The van der Waals surface area contributed by atoms with Crippen molar-refractivity contribution < 1.29 is 17.9 Å². The summed E-state index contributed by atoms with van der Waals surface area (Å²) in [7, 11) is 0. The fourth-order valence-corrected chi connectivity index (χ4v) is 2.74. The summed E-state index contributed by atoms with van der Waals surface area (Å²) in [4.78, 5) is 2.02. The molecule has 0 aromatic heterocycles. The van der Waals surface area contributed by atoms with E-state index in [-0.39, 0.29) is 24.8 Å². The van der Waals surface area contributed by atoms with E-state index >= 15 is 0 Å². The fraction of sp³-hybridized carbons (Fsp3) is 0.571. The summed E-state index contributed by atoms with van der Waals surface area (Å²) < 4.78 is 45.4. The molecule has 0 spiro atoms. The van der Waals surface area contributed by atoms with Crippen LogP contribution in [0.3, 0.4) is 0 Å². The minimum absolute atomic E-state index is 0.0166. The molecule has 1 aromatic rings. The van der Waals surface area contributed by atoms with E-state index in [1.54, 1.807) is 0 Å². The Labute approximate surface area is 116 Å². The van der Waals surface area contributed by atoms with Crippen LogP contribution in [0.4, 0.5) is 13.2 Å². The van der Waals surface area contributed by atoms with Crippen LogP contribution >= 0.6 is 0 Å². The molecular formula is C14H19F3N2O. The lowest BCUT2D eigenvalue weighted by atomic mass is 10.0. The molecule has 2 N–H and O–H groups in total. The van der Waals surface area contributed by atoms with Gasteiger partial charge in [0.25, 0.3) is 0 Å². The highest BCUT2D eigenvalue weighted by molar-refractivity contribution is 5.23. The van der Waals surface area contributed by atoms with Crippen LogP contribution in [-0.4, -0.2) is 36.7 Å². The number of nitrogens with zero attached hydrogens (tertiary/aromatic N) is 1. The van der Waals surface area contributed by atoms with E-state index in [0.29, 0.717) is 18.7 Å². The Bertz CT molecular complexity index is 450. The smallest absolute Gasteiger partial charge is 0.194 e. The van der Waals surface area contributed by atoms with Crippen molar-refractivity contribution in [2.45, 2.75) is 32.1 Å². The summed E-state index contributed by atoms with van der Waals surface area (Å²) in [5, 5.41) is 0. The Balaban J connectivity index is 2.28. The van der Waals surface area contributed by atoms with E-state index in [1.165, 1.54) is 0 Å². The number of rotatable bonds is 3. The molecule has 3 atom stereocenters. The Morgan fingerprint density at radius 1 is 1.20 bits per heavy atom. The van der Waals surface area contributed by atoms with Gasteiger partial charge in [-0.3, -0.25) is 4.90 Å². The molecule has 0 bridgehead atoms. The zero-order chi connectivity index (χ0) is 14.9. The van der Waals surface area contributed by atoms with E-state index in [0.717, 1.165) is 12.1 Å². The molecule has 6 heteroatoms. The zero-order valence-electron chi connectivity index (χ0n) is 11.6. The predicted octanol–water partition coefficient (Wildman–Crippen LogP) is 2.21. The molecule has 3 nitrogen and oxygen atoms in total. The maximum Gasteiger partial charge on any atom is 0.194 e. The van der Waals surface area contributed by atoms with E-state index in [9.17, 15) is 13.2 Å². The van der Waals surface area contributed by atoms with Gasteiger partial charge in [-0.15, -0.1) is 0 Å². The normalized spacial score (nSPS) is 25.7. The van der Waals surface area contributed by atoms with Crippen LogP contribution in [0.25, 0.3) is 0 Å². The van der Waals surface area contributed by atoms with E-state index in [1.807, 2.05) is 18.7 Å². The Morgan fingerprint density at radius 2 is 1.70 bits per heavy atom. The van der Waals surface area contributed by atoms with Gasteiger partial charge in [0.2, 0.25) is 0 Å². The topological polar surface area (TPSA) is 38.5 Å². The number of halogens is 3. The van der Waals surface area contributed by atoms with E-state index in [4.69, 9.17) is 10.5 Å². The number of morpholine rings is 1. The first-order valence-electron chi connectivity index (χ1n) is 6.66. The SMILES string of the molecule is CC1CN(C(CN)c2cc(F)c(F)c(F)c2)CC(C)O1. The van der Waals surface area contributed by atoms with Crippen molar-refractivity contribution in [2.24, 2.45) is 5.73 Å². The van der Waals surface area contributed by atoms with Gasteiger partial charge < -0.3 is 10.5 Å². The summed E-state index contributed by atoms with van der Waals surface area (Å²) >= 11 is 0. The average molecular weight is 288 g/mol. The van der Waals surface area contributed by atoms with Gasteiger partial charge in [-0.2, -0.15) is 0 Å². The van der Waals surface area contributed by atoms with Gasteiger partial charge in [-0.05, 0) is 31.5 Å². The molecule has 0 radical (unpaired) electrons. The van der Waals surface area contributed by atoms with Gasteiger partial charge in [-0.1, -0.05) is 0 Å². The first kappa shape index (κ1) is 15.3. The summed E-state index contributed by atoms with van der Waals surface area (Å²) in [6.07, 6.45) is 0.0332. The first-order chi connectivity index (χ1) is 9.42. The molecule has 0 amide bonds. The van der Waals surface area contributed by atoms with Crippen molar-refractivity contribution in [1.29, 1.82) is 0 Å². The summed E-state index contributed by atoms with van der Waals surface area (Å²) in [5.74, 6) is -3.83. The molecule has 1 aliphatic rings. The van der Waals surface area contributed by atoms with E-state index < -0.39 is 17.5 Å². The minimum atomic E-state index is -1.45. The summed E-state index contributed by atoms with van der Waals surface area (Å²) in [6.45, 7) is 5.30. The maximum atomic E-state index is 13.4. The molecule has 0 saturated carbocycles. The lowest BCUT2D eigenvalue weighted by molar-refractivity contribution is -0.0799. The highest BCUT2D eigenvalue weighted by atomic mass is 19.2. The second-order valence-corrected chi connectivity index (χ2v) is 5.26. The van der Waals surface area contributed by atoms with Crippen LogP contribution in [0.2, 0.25) is 0 Å². The molecule has 1 aromatic carbocycles. The second kappa shape index (κ2) is 6.11. The van der Waals surface area contributed by atoms with Gasteiger partial charge in [0, 0.05) is 25.7 Å². The molecule has 1 fully saturated rings. The average Bonchev–Trinajstić information content (AvgIpc) is 2.35. The van der Waals surface area contributed by atoms with Crippen molar-refractivity contribution in [3.05, 3.63) is 35.1 Å². The van der Waals surface area contributed by atoms with E-state index in [2.05, 4.69) is 0 Å².